The molecule has 0 unspecified atom stereocenters. The molecule has 20 heavy (non-hydrogen) atoms. The van der Waals surface area contributed by atoms with Crippen LogP contribution >= 0.6 is 0 Å². The zero-order valence-electron chi connectivity index (χ0n) is 10.8. The molecule has 2 aromatic heterocycles. The van der Waals surface area contributed by atoms with Crippen LogP contribution in [0.15, 0.2) is 30.6 Å². The number of fused-ring (bicyclic) bond motifs is 1. The van der Waals surface area contributed by atoms with Crippen molar-refractivity contribution in [2.45, 2.75) is 6.54 Å². The van der Waals surface area contributed by atoms with E-state index in [0.717, 1.165) is 10.9 Å². The van der Waals surface area contributed by atoms with Crippen molar-refractivity contribution >= 4 is 16.6 Å². The quantitative estimate of drug-likeness (QED) is 0.766. The molecule has 0 saturated heterocycles. The van der Waals surface area contributed by atoms with Gasteiger partial charge in [0.25, 0.3) is 0 Å². The van der Waals surface area contributed by atoms with Crippen LogP contribution in [0.5, 0.6) is 0 Å². The third kappa shape index (κ3) is 2.14. The molecule has 3 aromatic rings. The van der Waals surface area contributed by atoms with Gasteiger partial charge in [-0.1, -0.05) is 18.2 Å². The Morgan fingerprint density at radius 1 is 1.30 bits per heavy atom. The minimum absolute atomic E-state index is 0.264. The number of aryl methyl sites for hydroxylation is 1. The first-order chi connectivity index (χ1) is 9.78. The predicted octanol–water partition coefficient (Wildman–Crippen LogP) is 1.24. The maximum absolute atomic E-state index is 9.15. The largest absolute Gasteiger partial charge is 0.375 e. The summed E-state index contributed by atoms with van der Waals surface area (Å²) in [7, 11) is 1.81. The van der Waals surface area contributed by atoms with E-state index >= 15 is 0 Å². The third-order valence-electron chi connectivity index (χ3n) is 2.84. The van der Waals surface area contributed by atoms with Gasteiger partial charge in [0, 0.05) is 12.4 Å². The lowest BCUT2D eigenvalue weighted by molar-refractivity contribution is 0.747. The molecule has 0 aliphatic carbocycles. The molecular weight excluding hydrogens is 254 g/mol. The van der Waals surface area contributed by atoms with Gasteiger partial charge in [-0.2, -0.15) is 10.4 Å². The number of nitrogens with one attached hydrogen (secondary N) is 1. The smallest absolute Gasteiger partial charge is 0.186 e. The summed E-state index contributed by atoms with van der Waals surface area (Å²) >= 11 is 0. The Morgan fingerprint density at radius 2 is 2.15 bits per heavy atom. The van der Waals surface area contributed by atoms with Crippen LogP contribution in [-0.4, -0.2) is 25.0 Å². The van der Waals surface area contributed by atoms with Gasteiger partial charge in [-0.05, 0) is 6.07 Å². The highest BCUT2D eigenvalue weighted by Gasteiger charge is 2.10. The number of hydrogen-bond acceptors (Lipinski definition) is 6. The van der Waals surface area contributed by atoms with E-state index in [2.05, 4.69) is 25.6 Å². The molecule has 7 nitrogen and oxygen atoms in total. The van der Waals surface area contributed by atoms with E-state index in [4.69, 9.17) is 5.26 Å². The minimum Gasteiger partial charge on any atom is -0.375 e. The molecule has 7 heteroatoms. The third-order valence-corrected chi connectivity index (χ3v) is 2.84. The molecule has 0 bridgehead atoms. The Hall–Kier alpha value is -3.01. The fourth-order valence-corrected chi connectivity index (χ4v) is 1.94. The summed E-state index contributed by atoms with van der Waals surface area (Å²) in [6, 6.07) is 9.58. The maximum atomic E-state index is 9.15. The van der Waals surface area contributed by atoms with Crippen molar-refractivity contribution in [2.75, 3.05) is 5.32 Å². The normalized spacial score (nSPS) is 10.4. The monoisotopic (exact) mass is 265 g/mol. The molecule has 0 spiro atoms. The molecule has 0 aliphatic heterocycles. The van der Waals surface area contributed by atoms with Gasteiger partial charge in [0.2, 0.25) is 0 Å². The zero-order chi connectivity index (χ0) is 13.9. The van der Waals surface area contributed by atoms with Gasteiger partial charge in [0.1, 0.15) is 12.4 Å². The van der Waals surface area contributed by atoms with Gasteiger partial charge < -0.3 is 5.32 Å². The van der Waals surface area contributed by atoms with Crippen molar-refractivity contribution in [1.82, 2.24) is 25.0 Å². The molecule has 0 saturated carbocycles. The van der Waals surface area contributed by atoms with Crippen LogP contribution in [-0.2, 0) is 13.6 Å². The minimum atomic E-state index is 0.264. The van der Waals surface area contributed by atoms with Crippen molar-refractivity contribution in [2.24, 2.45) is 7.05 Å². The molecule has 98 valence electrons. The standard InChI is InChI=1S/C13H11N7/c1-20-8-16-12(19-20)7-15-13-9-4-2-3-5-10(9)17-18-11(13)6-14/h2-5,8H,7H2,1H3,(H,15,17). The average molecular weight is 265 g/mol. The summed E-state index contributed by atoms with van der Waals surface area (Å²) in [5.41, 5.74) is 1.66. The van der Waals surface area contributed by atoms with Crippen molar-refractivity contribution in [3.8, 4) is 6.07 Å². The first-order valence-corrected chi connectivity index (χ1v) is 6.02. The number of anilines is 1. The lowest BCUT2D eigenvalue weighted by atomic mass is 10.1. The van der Waals surface area contributed by atoms with E-state index in [9.17, 15) is 0 Å². The van der Waals surface area contributed by atoms with Gasteiger partial charge in [-0.15, -0.1) is 10.2 Å². The van der Waals surface area contributed by atoms with Crippen LogP contribution < -0.4 is 5.32 Å². The number of rotatable bonds is 3. The van der Waals surface area contributed by atoms with E-state index in [0.29, 0.717) is 18.1 Å². The lowest BCUT2D eigenvalue weighted by Gasteiger charge is -2.08. The van der Waals surface area contributed by atoms with E-state index in [1.165, 1.54) is 0 Å². The molecule has 3 rings (SSSR count). The van der Waals surface area contributed by atoms with Gasteiger partial charge in [-0.3, -0.25) is 4.68 Å². The van der Waals surface area contributed by atoms with Crippen LogP contribution in [0.1, 0.15) is 11.5 Å². The Morgan fingerprint density at radius 3 is 2.90 bits per heavy atom. The van der Waals surface area contributed by atoms with Crippen LogP contribution in [0.2, 0.25) is 0 Å². The second-order valence-corrected chi connectivity index (χ2v) is 4.24. The highest BCUT2D eigenvalue weighted by molar-refractivity contribution is 5.92. The second kappa shape index (κ2) is 4.93. The number of nitriles is 1. The Labute approximate surface area is 114 Å². The van der Waals surface area contributed by atoms with Gasteiger partial charge in [0.05, 0.1) is 17.7 Å². The van der Waals surface area contributed by atoms with Gasteiger partial charge in [0.15, 0.2) is 11.5 Å². The maximum Gasteiger partial charge on any atom is 0.186 e. The molecular formula is C13H11N7. The van der Waals surface area contributed by atoms with Crippen LogP contribution in [0.4, 0.5) is 5.69 Å². The summed E-state index contributed by atoms with van der Waals surface area (Å²) < 4.78 is 1.63. The highest BCUT2D eigenvalue weighted by atomic mass is 15.3. The SMILES string of the molecule is Cn1cnc(CNc2c(C#N)nnc3ccccc23)n1. The predicted molar refractivity (Wildman–Crippen MR) is 72.6 cm³/mol. The average Bonchev–Trinajstić information content (AvgIpc) is 2.90. The number of nitrogens with zero attached hydrogens (tertiary/aromatic N) is 6. The summed E-state index contributed by atoms with van der Waals surface area (Å²) in [5, 5.41) is 25.3. The van der Waals surface area contributed by atoms with Crippen molar-refractivity contribution in [3.05, 3.63) is 42.1 Å². The van der Waals surface area contributed by atoms with Crippen LogP contribution in [0, 0.1) is 11.3 Å². The molecule has 0 radical (unpaired) electrons. The number of benzene rings is 1. The molecule has 1 N–H and O–H groups in total. The molecule has 2 heterocycles. The molecule has 0 aliphatic rings. The van der Waals surface area contributed by atoms with E-state index < -0.39 is 0 Å². The fraction of sp³-hybridized carbons (Fsp3) is 0.154. The van der Waals surface area contributed by atoms with Crippen LogP contribution in [0.25, 0.3) is 10.9 Å². The lowest BCUT2D eigenvalue weighted by Crippen LogP contribution is -2.06. The van der Waals surface area contributed by atoms with Gasteiger partial charge >= 0.3 is 0 Å². The van der Waals surface area contributed by atoms with E-state index in [1.807, 2.05) is 30.3 Å². The molecule has 0 fully saturated rings. The Kier molecular flexibility index (Phi) is 2.97. The Bertz CT molecular complexity index is 800. The molecule has 0 amide bonds. The van der Waals surface area contributed by atoms with Crippen molar-refractivity contribution < 1.29 is 0 Å². The second-order valence-electron chi connectivity index (χ2n) is 4.24. The summed E-state index contributed by atoms with van der Waals surface area (Å²) in [6.07, 6.45) is 1.63. The van der Waals surface area contributed by atoms with E-state index in [1.54, 1.807) is 18.1 Å². The summed E-state index contributed by atoms with van der Waals surface area (Å²) in [4.78, 5) is 4.14. The first kappa shape index (κ1) is 12.0. The topological polar surface area (TPSA) is 92.3 Å². The summed E-state index contributed by atoms with van der Waals surface area (Å²) in [6.45, 7) is 0.422. The highest BCUT2D eigenvalue weighted by Crippen LogP contribution is 2.23. The molecule has 0 atom stereocenters. The fourth-order valence-electron chi connectivity index (χ4n) is 1.94. The molecule has 1 aromatic carbocycles. The van der Waals surface area contributed by atoms with Crippen LogP contribution in [0.3, 0.4) is 0 Å². The van der Waals surface area contributed by atoms with Crippen molar-refractivity contribution in [3.63, 3.8) is 0 Å². The van der Waals surface area contributed by atoms with Gasteiger partial charge in [-0.25, -0.2) is 4.98 Å². The van der Waals surface area contributed by atoms with E-state index in [-0.39, 0.29) is 5.69 Å². The summed E-state index contributed by atoms with van der Waals surface area (Å²) in [5.74, 6) is 0.650. The Balaban J connectivity index is 1.98. The first-order valence-electron chi connectivity index (χ1n) is 6.02. The number of aromatic nitrogens is 5. The zero-order valence-corrected chi connectivity index (χ0v) is 10.8. The number of hydrogen-bond donors (Lipinski definition) is 1. The van der Waals surface area contributed by atoms with Crippen molar-refractivity contribution in [1.29, 1.82) is 5.26 Å².